The average molecular weight is 381 g/mol. The van der Waals surface area contributed by atoms with E-state index in [4.69, 9.17) is 0 Å². The Labute approximate surface area is 170 Å². The van der Waals surface area contributed by atoms with E-state index in [1.165, 1.54) is 71.5 Å². The van der Waals surface area contributed by atoms with Gasteiger partial charge in [-0.2, -0.15) is 0 Å². The fourth-order valence-electron chi connectivity index (χ4n) is 5.10. The molecule has 2 rings (SSSR count). The van der Waals surface area contributed by atoms with Gasteiger partial charge in [-0.3, -0.25) is 19.6 Å². The van der Waals surface area contributed by atoms with Crippen molar-refractivity contribution in [3.05, 3.63) is 0 Å². The van der Waals surface area contributed by atoms with Gasteiger partial charge in [0.25, 0.3) is 0 Å². The zero-order valence-electron chi connectivity index (χ0n) is 19.5. The summed E-state index contributed by atoms with van der Waals surface area (Å²) in [7, 11) is 0. The molecule has 0 aromatic rings. The summed E-state index contributed by atoms with van der Waals surface area (Å²) in [5, 5.41) is 0. The minimum absolute atomic E-state index is 0.681. The van der Waals surface area contributed by atoms with Crippen LogP contribution in [-0.4, -0.2) is 95.6 Å². The predicted octanol–water partition coefficient (Wildman–Crippen LogP) is 3.76. The van der Waals surface area contributed by atoms with E-state index in [9.17, 15) is 0 Å². The molecule has 2 unspecified atom stereocenters. The van der Waals surface area contributed by atoms with Crippen molar-refractivity contribution < 1.29 is 0 Å². The fraction of sp³-hybridized carbons (Fsp3) is 1.00. The second-order valence-electron chi connectivity index (χ2n) is 9.68. The molecule has 2 saturated heterocycles. The SMILES string of the molecule is CC[C@@H]1CN(C(C)CCC(C)N2CCCN(C(C)C)CC2)CCN1C(C)C. The van der Waals surface area contributed by atoms with Crippen LogP contribution in [0.1, 0.15) is 74.1 Å². The standard InChI is InChI=1S/C23H48N4/c1-8-23-18-26(16-17-27(23)20(4)5)22(7)11-10-21(6)25-13-9-12-24(14-15-25)19(2)3/h19-23H,8-18H2,1-7H3/t21?,22?,23-/m1/s1. The zero-order chi connectivity index (χ0) is 20.0. The van der Waals surface area contributed by atoms with Gasteiger partial charge in [0.1, 0.15) is 0 Å². The van der Waals surface area contributed by atoms with E-state index in [1.807, 2.05) is 0 Å². The summed E-state index contributed by atoms with van der Waals surface area (Å²) in [4.78, 5) is 10.9. The Morgan fingerprint density at radius 2 is 1.22 bits per heavy atom. The molecule has 0 bridgehead atoms. The van der Waals surface area contributed by atoms with Gasteiger partial charge in [-0.15, -0.1) is 0 Å². The van der Waals surface area contributed by atoms with Gasteiger partial charge in [-0.05, 0) is 80.3 Å². The molecule has 4 heteroatoms. The normalized spacial score (nSPS) is 27.2. The Kier molecular flexibility index (Phi) is 9.54. The molecule has 0 radical (unpaired) electrons. The first kappa shape index (κ1) is 23.1. The topological polar surface area (TPSA) is 13.0 Å². The summed E-state index contributed by atoms with van der Waals surface area (Å²) in [5.41, 5.74) is 0. The van der Waals surface area contributed by atoms with Crippen molar-refractivity contribution in [3.63, 3.8) is 0 Å². The van der Waals surface area contributed by atoms with Crippen molar-refractivity contribution in [2.75, 3.05) is 45.8 Å². The van der Waals surface area contributed by atoms with E-state index < -0.39 is 0 Å². The molecule has 0 aromatic heterocycles. The molecule has 0 aliphatic carbocycles. The smallest absolute Gasteiger partial charge is 0.0223 e. The highest BCUT2D eigenvalue weighted by Gasteiger charge is 2.30. The highest BCUT2D eigenvalue weighted by Crippen LogP contribution is 2.21. The summed E-state index contributed by atoms with van der Waals surface area (Å²) in [6.45, 7) is 25.5. The lowest BCUT2D eigenvalue weighted by Crippen LogP contribution is -2.57. The molecule has 160 valence electrons. The fourth-order valence-corrected chi connectivity index (χ4v) is 5.10. The lowest BCUT2D eigenvalue weighted by molar-refractivity contribution is 0.0272. The summed E-state index contributed by atoms with van der Waals surface area (Å²) in [5.74, 6) is 0. The van der Waals surface area contributed by atoms with Crippen molar-refractivity contribution in [1.82, 2.24) is 19.6 Å². The van der Waals surface area contributed by atoms with Gasteiger partial charge in [0, 0.05) is 62.9 Å². The third kappa shape index (κ3) is 6.69. The molecule has 0 N–H and O–H groups in total. The Balaban J connectivity index is 1.77. The highest BCUT2D eigenvalue weighted by atomic mass is 15.3. The van der Waals surface area contributed by atoms with Crippen molar-refractivity contribution in [2.45, 2.75) is 104 Å². The number of nitrogens with zero attached hydrogens (tertiary/aromatic N) is 4. The third-order valence-corrected chi connectivity index (χ3v) is 7.24. The van der Waals surface area contributed by atoms with Gasteiger partial charge in [-0.25, -0.2) is 0 Å². The second kappa shape index (κ2) is 11.1. The summed E-state index contributed by atoms with van der Waals surface area (Å²) >= 11 is 0. The summed E-state index contributed by atoms with van der Waals surface area (Å²) in [6, 6.07) is 3.55. The molecule has 27 heavy (non-hydrogen) atoms. The van der Waals surface area contributed by atoms with Crippen LogP contribution in [0.2, 0.25) is 0 Å². The number of hydrogen-bond donors (Lipinski definition) is 0. The maximum atomic E-state index is 2.77. The first-order valence-corrected chi connectivity index (χ1v) is 11.8. The Hall–Kier alpha value is -0.160. The third-order valence-electron chi connectivity index (χ3n) is 7.24. The maximum Gasteiger partial charge on any atom is 0.0223 e. The monoisotopic (exact) mass is 380 g/mol. The molecule has 0 aromatic carbocycles. The Morgan fingerprint density at radius 3 is 1.81 bits per heavy atom. The van der Waals surface area contributed by atoms with Gasteiger partial charge in [0.2, 0.25) is 0 Å². The number of hydrogen-bond acceptors (Lipinski definition) is 4. The minimum atomic E-state index is 0.681. The van der Waals surface area contributed by atoms with Crippen LogP contribution in [0.3, 0.4) is 0 Å². The highest BCUT2D eigenvalue weighted by molar-refractivity contribution is 4.86. The first-order chi connectivity index (χ1) is 12.8. The van der Waals surface area contributed by atoms with Crippen LogP contribution in [-0.2, 0) is 0 Å². The summed E-state index contributed by atoms with van der Waals surface area (Å²) < 4.78 is 0. The molecular formula is C23H48N4. The van der Waals surface area contributed by atoms with Crippen LogP contribution >= 0.6 is 0 Å². The van der Waals surface area contributed by atoms with Crippen LogP contribution in [0.4, 0.5) is 0 Å². The molecule has 3 atom stereocenters. The Bertz CT molecular complexity index is 411. The van der Waals surface area contributed by atoms with Gasteiger partial charge < -0.3 is 0 Å². The molecular weight excluding hydrogens is 332 g/mol. The van der Waals surface area contributed by atoms with E-state index in [2.05, 4.69) is 68.1 Å². The lowest BCUT2D eigenvalue weighted by Gasteiger charge is -2.45. The molecule has 2 aliphatic rings. The second-order valence-corrected chi connectivity index (χ2v) is 9.68. The van der Waals surface area contributed by atoms with E-state index in [0.717, 1.165) is 18.1 Å². The van der Waals surface area contributed by atoms with Gasteiger partial charge >= 0.3 is 0 Å². The largest absolute Gasteiger partial charge is 0.300 e. The van der Waals surface area contributed by atoms with Crippen LogP contribution in [0.25, 0.3) is 0 Å². The van der Waals surface area contributed by atoms with Crippen LogP contribution in [0, 0.1) is 0 Å². The van der Waals surface area contributed by atoms with Crippen molar-refractivity contribution >= 4 is 0 Å². The molecule has 0 saturated carbocycles. The van der Waals surface area contributed by atoms with E-state index in [1.54, 1.807) is 0 Å². The van der Waals surface area contributed by atoms with Crippen LogP contribution < -0.4 is 0 Å². The quantitative estimate of drug-likeness (QED) is 0.635. The Morgan fingerprint density at radius 1 is 0.667 bits per heavy atom. The van der Waals surface area contributed by atoms with Crippen LogP contribution in [0.5, 0.6) is 0 Å². The molecule has 4 nitrogen and oxygen atoms in total. The lowest BCUT2D eigenvalue weighted by atomic mass is 10.0. The predicted molar refractivity (Wildman–Crippen MR) is 119 cm³/mol. The molecule has 0 amide bonds. The molecule has 2 aliphatic heterocycles. The van der Waals surface area contributed by atoms with Crippen molar-refractivity contribution in [2.24, 2.45) is 0 Å². The van der Waals surface area contributed by atoms with Crippen LogP contribution in [0.15, 0.2) is 0 Å². The van der Waals surface area contributed by atoms with Gasteiger partial charge in [0.05, 0.1) is 0 Å². The number of rotatable bonds is 8. The molecule has 0 spiro atoms. The maximum absolute atomic E-state index is 2.77. The van der Waals surface area contributed by atoms with E-state index in [-0.39, 0.29) is 0 Å². The van der Waals surface area contributed by atoms with Crippen molar-refractivity contribution in [3.8, 4) is 0 Å². The summed E-state index contributed by atoms with van der Waals surface area (Å²) in [6.07, 6.45) is 5.28. The van der Waals surface area contributed by atoms with Crippen molar-refractivity contribution in [1.29, 1.82) is 0 Å². The van der Waals surface area contributed by atoms with E-state index in [0.29, 0.717) is 12.1 Å². The molecule has 2 fully saturated rings. The average Bonchev–Trinajstić information content (AvgIpc) is 2.91. The minimum Gasteiger partial charge on any atom is -0.300 e. The number of piperazine rings is 1. The first-order valence-electron chi connectivity index (χ1n) is 11.8. The molecule has 2 heterocycles. The van der Waals surface area contributed by atoms with Gasteiger partial charge in [0.15, 0.2) is 0 Å². The van der Waals surface area contributed by atoms with Gasteiger partial charge in [-0.1, -0.05) is 6.92 Å². The van der Waals surface area contributed by atoms with E-state index >= 15 is 0 Å². The zero-order valence-corrected chi connectivity index (χ0v) is 19.5.